The summed E-state index contributed by atoms with van der Waals surface area (Å²) in [5.41, 5.74) is 1.00. The summed E-state index contributed by atoms with van der Waals surface area (Å²) in [6, 6.07) is 6.08. The zero-order valence-corrected chi connectivity index (χ0v) is 9.23. The smallest absolute Gasteiger partial charge is 0.146 e. The number of thiazole rings is 1. The zero-order chi connectivity index (χ0) is 9.97. The number of nitrogens with zero attached hydrogens (tertiary/aromatic N) is 1. The first-order chi connectivity index (χ1) is 6.81. The van der Waals surface area contributed by atoms with E-state index >= 15 is 0 Å². The Morgan fingerprint density at radius 3 is 3.07 bits per heavy atom. The van der Waals surface area contributed by atoms with Crippen LogP contribution >= 0.6 is 11.3 Å². The Morgan fingerprint density at radius 2 is 2.29 bits per heavy atom. The van der Waals surface area contributed by atoms with Gasteiger partial charge in [0.2, 0.25) is 0 Å². The van der Waals surface area contributed by atoms with Crippen LogP contribution in [0.5, 0.6) is 5.75 Å². The summed E-state index contributed by atoms with van der Waals surface area (Å²) < 4.78 is 6.83. The number of aryl methyl sites for hydroxylation is 1. The van der Waals surface area contributed by atoms with Crippen LogP contribution in [0.2, 0.25) is 0 Å². The largest absolute Gasteiger partial charge is 0.491 e. The number of rotatable bonds is 3. The SMILES string of the molecule is CCCOc1cccc2sc(C)nc12. The van der Waals surface area contributed by atoms with Crippen LogP contribution in [0, 0.1) is 6.92 Å². The van der Waals surface area contributed by atoms with Gasteiger partial charge >= 0.3 is 0 Å². The summed E-state index contributed by atoms with van der Waals surface area (Å²) in [5, 5.41) is 1.09. The molecule has 1 aromatic heterocycles. The lowest BCUT2D eigenvalue weighted by Crippen LogP contribution is -1.95. The summed E-state index contributed by atoms with van der Waals surface area (Å²) in [6.07, 6.45) is 1.03. The summed E-state index contributed by atoms with van der Waals surface area (Å²) in [5.74, 6) is 0.911. The molecule has 1 aromatic carbocycles. The average molecular weight is 207 g/mol. The Hall–Kier alpha value is -1.09. The van der Waals surface area contributed by atoms with Gasteiger partial charge in [-0.05, 0) is 25.5 Å². The maximum absolute atomic E-state index is 5.63. The molecular weight excluding hydrogens is 194 g/mol. The van der Waals surface area contributed by atoms with E-state index < -0.39 is 0 Å². The van der Waals surface area contributed by atoms with E-state index in [1.165, 1.54) is 4.70 Å². The van der Waals surface area contributed by atoms with Gasteiger partial charge in [-0.25, -0.2) is 4.98 Å². The number of aromatic nitrogens is 1. The Morgan fingerprint density at radius 1 is 1.43 bits per heavy atom. The monoisotopic (exact) mass is 207 g/mol. The number of para-hydroxylation sites is 1. The van der Waals surface area contributed by atoms with E-state index in [2.05, 4.69) is 18.0 Å². The molecule has 0 unspecified atom stereocenters. The fourth-order valence-electron chi connectivity index (χ4n) is 1.36. The third-order valence-electron chi connectivity index (χ3n) is 1.95. The Kier molecular flexibility index (Phi) is 2.68. The van der Waals surface area contributed by atoms with Gasteiger partial charge in [0, 0.05) is 0 Å². The van der Waals surface area contributed by atoms with Crippen molar-refractivity contribution in [2.75, 3.05) is 6.61 Å². The van der Waals surface area contributed by atoms with Gasteiger partial charge in [0.15, 0.2) is 0 Å². The van der Waals surface area contributed by atoms with Crippen molar-refractivity contribution in [3.8, 4) is 5.75 Å². The van der Waals surface area contributed by atoms with E-state index in [4.69, 9.17) is 4.74 Å². The van der Waals surface area contributed by atoms with Crippen LogP contribution < -0.4 is 4.74 Å². The second-order valence-electron chi connectivity index (χ2n) is 3.18. The molecule has 0 aliphatic heterocycles. The van der Waals surface area contributed by atoms with E-state index in [1.807, 2.05) is 19.1 Å². The normalized spacial score (nSPS) is 10.7. The van der Waals surface area contributed by atoms with Crippen molar-refractivity contribution in [2.24, 2.45) is 0 Å². The zero-order valence-electron chi connectivity index (χ0n) is 8.41. The molecule has 0 saturated heterocycles. The van der Waals surface area contributed by atoms with E-state index in [0.717, 1.165) is 29.3 Å². The molecule has 0 saturated carbocycles. The lowest BCUT2D eigenvalue weighted by molar-refractivity contribution is 0.320. The van der Waals surface area contributed by atoms with Crippen molar-refractivity contribution in [1.82, 2.24) is 4.98 Å². The molecule has 0 radical (unpaired) electrons. The molecule has 0 atom stereocenters. The van der Waals surface area contributed by atoms with Gasteiger partial charge in [-0.3, -0.25) is 0 Å². The van der Waals surface area contributed by atoms with E-state index in [0.29, 0.717) is 0 Å². The van der Waals surface area contributed by atoms with Gasteiger partial charge in [-0.2, -0.15) is 0 Å². The lowest BCUT2D eigenvalue weighted by Gasteiger charge is -2.03. The topological polar surface area (TPSA) is 22.1 Å². The lowest BCUT2D eigenvalue weighted by atomic mass is 10.3. The maximum Gasteiger partial charge on any atom is 0.146 e. The molecule has 14 heavy (non-hydrogen) atoms. The van der Waals surface area contributed by atoms with Crippen molar-refractivity contribution in [3.05, 3.63) is 23.2 Å². The van der Waals surface area contributed by atoms with Gasteiger partial charge in [0.1, 0.15) is 11.3 Å². The first-order valence-corrected chi connectivity index (χ1v) is 5.62. The van der Waals surface area contributed by atoms with Crippen molar-refractivity contribution in [2.45, 2.75) is 20.3 Å². The average Bonchev–Trinajstić information content (AvgIpc) is 2.55. The number of hydrogen-bond donors (Lipinski definition) is 0. The highest BCUT2D eigenvalue weighted by molar-refractivity contribution is 7.18. The Balaban J connectivity index is 2.42. The Bertz CT molecular complexity index is 436. The highest BCUT2D eigenvalue weighted by atomic mass is 32.1. The fourth-order valence-corrected chi connectivity index (χ4v) is 2.21. The molecule has 1 heterocycles. The standard InChI is InChI=1S/C11H13NOS/c1-3-7-13-9-5-4-6-10-11(9)12-8(2)14-10/h4-6H,3,7H2,1-2H3. The van der Waals surface area contributed by atoms with Crippen molar-refractivity contribution in [3.63, 3.8) is 0 Å². The van der Waals surface area contributed by atoms with Gasteiger partial charge < -0.3 is 4.74 Å². The molecule has 0 spiro atoms. The molecule has 0 aliphatic carbocycles. The summed E-state index contributed by atoms with van der Waals surface area (Å²) in [4.78, 5) is 4.46. The van der Waals surface area contributed by atoms with Crippen LogP contribution in [0.1, 0.15) is 18.4 Å². The van der Waals surface area contributed by atoms with Crippen LogP contribution in [-0.4, -0.2) is 11.6 Å². The molecule has 0 N–H and O–H groups in total. The van der Waals surface area contributed by atoms with Gasteiger partial charge in [-0.15, -0.1) is 11.3 Å². The van der Waals surface area contributed by atoms with Crippen LogP contribution in [0.25, 0.3) is 10.2 Å². The second-order valence-corrected chi connectivity index (χ2v) is 4.42. The first-order valence-electron chi connectivity index (χ1n) is 4.80. The number of ether oxygens (including phenoxy) is 1. The van der Waals surface area contributed by atoms with E-state index in [-0.39, 0.29) is 0 Å². The Labute approximate surface area is 87.5 Å². The van der Waals surface area contributed by atoms with E-state index in [9.17, 15) is 0 Å². The van der Waals surface area contributed by atoms with Gasteiger partial charge in [-0.1, -0.05) is 13.0 Å². The van der Waals surface area contributed by atoms with Crippen LogP contribution in [0.15, 0.2) is 18.2 Å². The summed E-state index contributed by atoms with van der Waals surface area (Å²) in [6.45, 7) is 4.89. The highest BCUT2D eigenvalue weighted by Gasteiger charge is 2.05. The van der Waals surface area contributed by atoms with Gasteiger partial charge in [0.25, 0.3) is 0 Å². The molecule has 2 aromatic rings. The molecule has 2 nitrogen and oxygen atoms in total. The minimum Gasteiger partial charge on any atom is -0.491 e. The molecule has 3 heteroatoms. The molecule has 0 bridgehead atoms. The number of fused-ring (bicyclic) bond motifs is 1. The summed E-state index contributed by atoms with van der Waals surface area (Å²) in [7, 11) is 0. The number of hydrogen-bond acceptors (Lipinski definition) is 3. The minimum absolute atomic E-state index is 0.760. The van der Waals surface area contributed by atoms with Crippen LogP contribution in [0.4, 0.5) is 0 Å². The molecule has 0 aliphatic rings. The molecule has 2 rings (SSSR count). The molecule has 74 valence electrons. The van der Waals surface area contributed by atoms with E-state index in [1.54, 1.807) is 11.3 Å². The van der Waals surface area contributed by atoms with Crippen LogP contribution in [-0.2, 0) is 0 Å². The fraction of sp³-hybridized carbons (Fsp3) is 0.364. The predicted octanol–water partition coefficient (Wildman–Crippen LogP) is 3.39. The molecule has 0 amide bonds. The number of benzene rings is 1. The third kappa shape index (κ3) is 1.73. The maximum atomic E-state index is 5.63. The first kappa shape index (κ1) is 9.46. The second kappa shape index (κ2) is 3.96. The van der Waals surface area contributed by atoms with Crippen molar-refractivity contribution in [1.29, 1.82) is 0 Å². The molecule has 0 fully saturated rings. The van der Waals surface area contributed by atoms with Crippen LogP contribution in [0.3, 0.4) is 0 Å². The highest BCUT2D eigenvalue weighted by Crippen LogP contribution is 2.29. The minimum atomic E-state index is 0.760. The quantitative estimate of drug-likeness (QED) is 0.769. The van der Waals surface area contributed by atoms with Gasteiger partial charge in [0.05, 0.1) is 16.3 Å². The summed E-state index contributed by atoms with van der Waals surface area (Å²) >= 11 is 1.71. The van der Waals surface area contributed by atoms with Crippen molar-refractivity contribution < 1.29 is 4.74 Å². The predicted molar refractivity (Wildman–Crippen MR) is 60.1 cm³/mol. The van der Waals surface area contributed by atoms with Crippen molar-refractivity contribution >= 4 is 21.6 Å². The molecular formula is C11H13NOS. The third-order valence-corrected chi connectivity index (χ3v) is 2.89.